The van der Waals surface area contributed by atoms with Crippen molar-refractivity contribution in [1.82, 2.24) is 0 Å². The lowest BCUT2D eigenvalue weighted by Gasteiger charge is -2.18. The van der Waals surface area contributed by atoms with Gasteiger partial charge in [0.1, 0.15) is 13.2 Å². The number of hydrogen-bond donors (Lipinski definition) is 0. The fourth-order valence-electron chi connectivity index (χ4n) is 7.45. The molecule has 0 bridgehead atoms. The second-order valence-electron chi connectivity index (χ2n) is 17.7. The van der Waals surface area contributed by atoms with Crippen LogP contribution in [0.2, 0.25) is 0 Å². The van der Waals surface area contributed by atoms with Gasteiger partial charge in [-0.3, -0.25) is 14.4 Å². The average Bonchev–Trinajstić information content (AvgIpc) is 3.28. The summed E-state index contributed by atoms with van der Waals surface area (Å²) in [6.07, 6.45) is 63.5. The minimum atomic E-state index is -0.794. The number of carbonyl (C=O) groups is 3. The van der Waals surface area contributed by atoms with Crippen LogP contribution in [-0.4, -0.2) is 37.2 Å². The van der Waals surface area contributed by atoms with Gasteiger partial charge in [-0.25, -0.2) is 0 Å². The summed E-state index contributed by atoms with van der Waals surface area (Å²) in [5, 5.41) is 0. The van der Waals surface area contributed by atoms with Gasteiger partial charge in [-0.1, -0.05) is 204 Å². The number of esters is 3. The average molecular weight is 881 g/mol. The Bertz CT molecular complexity index is 1150. The number of allylic oxidation sites excluding steroid dienone is 10. The summed E-state index contributed by atoms with van der Waals surface area (Å²) in [5.41, 5.74) is 0. The van der Waals surface area contributed by atoms with Gasteiger partial charge in [-0.2, -0.15) is 0 Å². The quantitative estimate of drug-likeness (QED) is 0.0262. The molecule has 0 aliphatic rings. The minimum Gasteiger partial charge on any atom is -0.462 e. The van der Waals surface area contributed by atoms with Crippen LogP contribution in [0.1, 0.15) is 265 Å². The summed E-state index contributed by atoms with van der Waals surface area (Å²) in [5.74, 6) is -0.940. The van der Waals surface area contributed by atoms with E-state index in [2.05, 4.69) is 81.5 Å². The van der Waals surface area contributed by atoms with Crippen LogP contribution in [0, 0.1) is 0 Å². The molecule has 0 aromatic carbocycles. The normalized spacial score (nSPS) is 12.5. The van der Waals surface area contributed by atoms with Crippen molar-refractivity contribution in [2.24, 2.45) is 0 Å². The fourth-order valence-corrected chi connectivity index (χ4v) is 7.45. The van der Waals surface area contributed by atoms with Crippen molar-refractivity contribution >= 4 is 17.9 Å². The first kappa shape index (κ1) is 60.1. The number of hydrogen-bond acceptors (Lipinski definition) is 6. The van der Waals surface area contributed by atoms with Gasteiger partial charge in [0.05, 0.1) is 0 Å². The zero-order valence-electron chi connectivity index (χ0n) is 41.6. The highest BCUT2D eigenvalue weighted by atomic mass is 16.6. The summed E-state index contributed by atoms with van der Waals surface area (Å²) >= 11 is 0. The molecule has 0 heterocycles. The Morgan fingerprint density at radius 3 is 1.03 bits per heavy atom. The Morgan fingerprint density at radius 2 is 0.619 bits per heavy atom. The molecule has 0 aliphatic carbocycles. The smallest absolute Gasteiger partial charge is 0.306 e. The van der Waals surface area contributed by atoms with E-state index < -0.39 is 6.10 Å². The monoisotopic (exact) mass is 881 g/mol. The first-order valence-electron chi connectivity index (χ1n) is 26.8. The molecule has 6 heteroatoms. The topological polar surface area (TPSA) is 78.9 Å². The molecule has 0 saturated heterocycles. The third kappa shape index (κ3) is 50.0. The third-order valence-corrected chi connectivity index (χ3v) is 11.5. The molecule has 0 aliphatic heterocycles. The van der Waals surface area contributed by atoms with Gasteiger partial charge in [0.15, 0.2) is 6.10 Å². The highest BCUT2D eigenvalue weighted by Crippen LogP contribution is 2.14. The van der Waals surface area contributed by atoms with Crippen molar-refractivity contribution in [3.8, 4) is 0 Å². The van der Waals surface area contributed by atoms with E-state index in [9.17, 15) is 14.4 Å². The number of rotatable bonds is 48. The third-order valence-electron chi connectivity index (χ3n) is 11.5. The standard InChI is InChI=1S/C57H100O6/c1-4-7-10-13-16-19-22-25-27-28-29-31-32-35-38-41-44-47-50-56(59)62-53-54(52-61-55(58)49-46-43-40-37-34-24-21-18-15-12-9-6-3)63-57(60)51-48-45-42-39-36-33-30-26-23-20-17-14-11-8-5-2/h9,12,18,20-21,23,29,31,34,37,54H,4-8,10-11,13-17,19,22,24-28,30,32-33,35-36,38-53H2,1-3H3/b12-9-,21-18-,23-20-,31-29-,37-34-. The highest BCUT2D eigenvalue weighted by Gasteiger charge is 2.19. The number of unbranched alkanes of at least 4 members (excludes halogenated alkanes) is 27. The van der Waals surface area contributed by atoms with Gasteiger partial charge in [-0.05, 0) is 103 Å². The van der Waals surface area contributed by atoms with E-state index in [1.807, 2.05) is 0 Å². The Labute approximate surface area is 390 Å². The van der Waals surface area contributed by atoms with Crippen molar-refractivity contribution in [3.63, 3.8) is 0 Å². The van der Waals surface area contributed by atoms with Gasteiger partial charge >= 0.3 is 17.9 Å². The van der Waals surface area contributed by atoms with Crippen LogP contribution in [0.25, 0.3) is 0 Å². The zero-order chi connectivity index (χ0) is 45.8. The van der Waals surface area contributed by atoms with Crippen LogP contribution in [0.4, 0.5) is 0 Å². The minimum absolute atomic E-state index is 0.0919. The summed E-state index contributed by atoms with van der Waals surface area (Å²) in [6.45, 7) is 6.48. The van der Waals surface area contributed by atoms with Crippen LogP contribution < -0.4 is 0 Å². The van der Waals surface area contributed by atoms with Gasteiger partial charge in [0.2, 0.25) is 0 Å². The lowest BCUT2D eigenvalue weighted by molar-refractivity contribution is -0.167. The molecule has 0 N–H and O–H groups in total. The zero-order valence-corrected chi connectivity index (χ0v) is 41.6. The summed E-state index contributed by atoms with van der Waals surface area (Å²) < 4.78 is 16.8. The van der Waals surface area contributed by atoms with Crippen molar-refractivity contribution in [2.45, 2.75) is 271 Å². The lowest BCUT2D eigenvalue weighted by atomic mass is 10.1. The Balaban J connectivity index is 4.40. The first-order valence-corrected chi connectivity index (χ1v) is 26.8. The van der Waals surface area contributed by atoms with Gasteiger partial charge < -0.3 is 14.2 Å². The van der Waals surface area contributed by atoms with Gasteiger partial charge in [-0.15, -0.1) is 0 Å². The van der Waals surface area contributed by atoms with Crippen LogP contribution in [-0.2, 0) is 28.6 Å². The van der Waals surface area contributed by atoms with Crippen molar-refractivity contribution in [1.29, 1.82) is 0 Å². The van der Waals surface area contributed by atoms with E-state index in [4.69, 9.17) is 14.2 Å². The molecule has 0 fully saturated rings. The summed E-state index contributed by atoms with van der Waals surface area (Å²) in [7, 11) is 0. The van der Waals surface area contributed by atoms with Crippen molar-refractivity contribution in [3.05, 3.63) is 60.8 Å². The van der Waals surface area contributed by atoms with Gasteiger partial charge in [0, 0.05) is 19.3 Å². The fraction of sp³-hybridized carbons (Fsp3) is 0.772. The van der Waals surface area contributed by atoms with Crippen LogP contribution in [0.3, 0.4) is 0 Å². The Hall–Kier alpha value is -2.89. The molecular weight excluding hydrogens is 781 g/mol. The van der Waals surface area contributed by atoms with Crippen molar-refractivity contribution < 1.29 is 28.6 Å². The molecule has 1 atom stereocenters. The van der Waals surface area contributed by atoms with Gasteiger partial charge in [0.25, 0.3) is 0 Å². The molecule has 364 valence electrons. The molecule has 0 aromatic heterocycles. The molecule has 0 amide bonds. The first-order chi connectivity index (χ1) is 31.0. The SMILES string of the molecule is CC/C=C\C/C=C\C/C=C\CCCCC(=O)OCC(COC(=O)CCCCCCC/C=C\CCCCCCCCCCC)OC(=O)CCCCCCCCC/C=C\CCCCCC. The molecule has 63 heavy (non-hydrogen) atoms. The maximum atomic E-state index is 12.8. The molecule has 0 saturated carbocycles. The van der Waals surface area contributed by atoms with E-state index in [0.717, 1.165) is 83.5 Å². The van der Waals surface area contributed by atoms with Crippen LogP contribution in [0.15, 0.2) is 60.8 Å². The maximum absolute atomic E-state index is 12.8. The molecule has 6 nitrogen and oxygen atoms in total. The molecule has 0 radical (unpaired) electrons. The van der Waals surface area contributed by atoms with E-state index in [1.165, 1.54) is 141 Å². The predicted octanol–water partition coefficient (Wildman–Crippen LogP) is 17.6. The van der Waals surface area contributed by atoms with Crippen molar-refractivity contribution in [2.75, 3.05) is 13.2 Å². The molecular formula is C57H100O6. The maximum Gasteiger partial charge on any atom is 0.306 e. The number of carbonyl (C=O) groups excluding carboxylic acids is 3. The summed E-state index contributed by atoms with van der Waals surface area (Å²) in [6, 6.07) is 0. The molecule has 1 unspecified atom stereocenters. The van der Waals surface area contributed by atoms with Crippen LogP contribution in [0.5, 0.6) is 0 Å². The predicted molar refractivity (Wildman–Crippen MR) is 270 cm³/mol. The van der Waals surface area contributed by atoms with E-state index in [-0.39, 0.29) is 31.1 Å². The molecule has 0 spiro atoms. The van der Waals surface area contributed by atoms with E-state index in [0.29, 0.717) is 19.3 Å². The Kier molecular flexibility index (Phi) is 49.4. The molecule has 0 rings (SSSR count). The summed E-state index contributed by atoms with van der Waals surface area (Å²) in [4.78, 5) is 38.0. The van der Waals surface area contributed by atoms with Crippen LogP contribution >= 0.6 is 0 Å². The molecule has 0 aromatic rings. The van der Waals surface area contributed by atoms with E-state index in [1.54, 1.807) is 0 Å². The number of ether oxygens (including phenoxy) is 3. The van der Waals surface area contributed by atoms with E-state index >= 15 is 0 Å². The second kappa shape index (κ2) is 51.7. The highest BCUT2D eigenvalue weighted by molar-refractivity contribution is 5.71. The Morgan fingerprint density at radius 1 is 0.333 bits per heavy atom. The lowest BCUT2D eigenvalue weighted by Crippen LogP contribution is -2.30. The second-order valence-corrected chi connectivity index (χ2v) is 17.7. The largest absolute Gasteiger partial charge is 0.462 e.